The van der Waals surface area contributed by atoms with Crippen molar-refractivity contribution in [2.45, 2.75) is 31.3 Å². The van der Waals surface area contributed by atoms with E-state index in [-0.39, 0.29) is 11.7 Å². The van der Waals surface area contributed by atoms with E-state index in [0.29, 0.717) is 0 Å². The lowest BCUT2D eigenvalue weighted by Crippen LogP contribution is -2.40. The fourth-order valence-electron chi connectivity index (χ4n) is 2.60. The second-order valence-electron chi connectivity index (χ2n) is 4.48. The normalized spacial score (nSPS) is 20.1. The molecule has 0 aromatic heterocycles. The van der Waals surface area contributed by atoms with Crippen LogP contribution in [-0.4, -0.2) is 12.5 Å². The zero-order valence-corrected chi connectivity index (χ0v) is 9.00. The molecule has 1 amide bonds. The molecule has 90 valence electrons. The molecule has 0 unspecified atom stereocenters. The number of nitrogens with one attached hydrogen (secondary N) is 1. The molecule has 1 N–H and O–H groups in total. The molecule has 3 nitrogen and oxygen atoms in total. The Labute approximate surface area is 96.8 Å². The van der Waals surface area contributed by atoms with E-state index in [0.717, 1.165) is 30.5 Å². The van der Waals surface area contributed by atoms with Crippen LogP contribution in [0.4, 0.5) is 14.5 Å². The van der Waals surface area contributed by atoms with Crippen LogP contribution < -0.4 is 10.1 Å². The summed E-state index contributed by atoms with van der Waals surface area (Å²) in [4.78, 5) is 11.9. The lowest BCUT2D eigenvalue weighted by molar-refractivity contribution is -0.123. The van der Waals surface area contributed by atoms with Crippen molar-refractivity contribution < 1.29 is 18.3 Å². The van der Waals surface area contributed by atoms with Gasteiger partial charge in [0.15, 0.2) is 0 Å². The molecular formula is C12H11F2NO2. The van der Waals surface area contributed by atoms with Crippen LogP contribution >= 0.6 is 0 Å². The van der Waals surface area contributed by atoms with Crippen molar-refractivity contribution >= 4 is 11.6 Å². The van der Waals surface area contributed by atoms with Crippen LogP contribution in [0.1, 0.15) is 24.8 Å². The smallest absolute Gasteiger partial charge is 0.387 e. The fourth-order valence-corrected chi connectivity index (χ4v) is 2.60. The highest BCUT2D eigenvalue weighted by atomic mass is 19.3. The highest BCUT2D eigenvalue weighted by Gasteiger charge is 2.51. The number of hydrogen-bond donors (Lipinski definition) is 1. The Morgan fingerprint density at radius 1 is 1.35 bits per heavy atom. The Balaban J connectivity index is 2.00. The highest BCUT2D eigenvalue weighted by molar-refractivity contribution is 6.07. The van der Waals surface area contributed by atoms with E-state index < -0.39 is 12.0 Å². The summed E-state index contributed by atoms with van der Waals surface area (Å²) in [5.41, 5.74) is 1.03. The highest BCUT2D eigenvalue weighted by Crippen LogP contribution is 2.51. The molecule has 1 fully saturated rings. The third-order valence-corrected chi connectivity index (χ3v) is 3.62. The maximum absolute atomic E-state index is 12.1. The number of hydrogen-bond acceptors (Lipinski definition) is 2. The SMILES string of the molecule is O=C1Nc2ccc(OC(F)F)cc2C12CCC2. The van der Waals surface area contributed by atoms with Crippen molar-refractivity contribution in [2.24, 2.45) is 0 Å². The van der Waals surface area contributed by atoms with Gasteiger partial charge < -0.3 is 10.1 Å². The maximum atomic E-state index is 12.1. The van der Waals surface area contributed by atoms with Crippen LogP contribution in [-0.2, 0) is 10.2 Å². The average molecular weight is 239 g/mol. The van der Waals surface area contributed by atoms with Gasteiger partial charge in [0, 0.05) is 5.69 Å². The molecule has 1 aromatic carbocycles. The Morgan fingerprint density at radius 2 is 2.12 bits per heavy atom. The standard InChI is InChI=1S/C12H11F2NO2/c13-11(14)17-7-2-3-9-8(6-7)12(4-1-5-12)10(16)15-9/h2-3,6,11H,1,4-5H2,(H,15,16). The second-order valence-corrected chi connectivity index (χ2v) is 4.48. The third-order valence-electron chi connectivity index (χ3n) is 3.62. The van der Waals surface area contributed by atoms with Gasteiger partial charge in [0.1, 0.15) is 5.75 Å². The Kier molecular flexibility index (Phi) is 2.11. The number of ether oxygens (including phenoxy) is 1. The second kappa shape index (κ2) is 3.42. The van der Waals surface area contributed by atoms with Gasteiger partial charge in [0.05, 0.1) is 5.41 Å². The van der Waals surface area contributed by atoms with E-state index in [2.05, 4.69) is 10.1 Å². The summed E-state index contributed by atoms with van der Waals surface area (Å²) in [6, 6.07) is 4.62. The third kappa shape index (κ3) is 1.41. The van der Waals surface area contributed by atoms with Crippen molar-refractivity contribution in [2.75, 3.05) is 5.32 Å². The summed E-state index contributed by atoms with van der Waals surface area (Å²) < 4.78 is 28.6. The van der Waals surface area contributed by atoms with Gasteiger partial charge >= 0.3 is 6.61 Å². The predicted molar refractivity (Wildman–Crippen MR) is 57.2 cm³/mol. The first kappa shape index (κ1) is 10.5. The van der Waals surface area contributed by atoms with Crippen LogP contribution in [0.2, 0.25) is 0 Å². The van der Waals surface area contributed by atoms with Crippen LogP contribution in [0.15, 0.2) is 18.2 Å². The summed E-state index contributed by atoms with van der Waals surface area (Å²) in [7, 11) is 0. The van der Waals surface area contributed by atoms with Crippen molar-refractivity contribution in [1.82, 2.24) is 0 Å². The quantitative estimate of drug-likeness (QED) is 0.861. The monoisotopic (exact) mass is 239 g/mol. The molecule has 3 rings (SSSR count). The van der Waals surface area contributed by atoms with Gasteiger partial charge in [-0.2, -0.15) is 8.78 Å². The number of alkyl halides is 2. The topological polar surface area (TPSA) is 38.3 Å². The molecule has 2 aliphatic rings. The first-order valence-electron chi connectivity index (χ1n) is 5.53. The van der Waals surface area contributed by atoms with Crippen molar-refractivity contribution in [3.8, 4) is 5.75 Å². The largest absolute Gasteiger partial charge is 0.435 e. The number of rotatable bonds is 2. The van der Waals surface area contributed by atoms with E-state index in [1.165, 1.54) is 6.07 Å². The van der Waals surface area contributed by atoms with E-state index in [9.17, 15) is 13.6 Å². The predicted octanol–water partition coefficient (Wildman–Crippen LogP) is 2.66. The first-order chi connectivity index (χ1) is 8.12. The molecule has 1 aliphatic heterocycles. The number of fused-ring (bicyclic) bond motifs is 2. The lowest BCUT2D eigenvalue weighted by Gasteiger charge is -2.36. The maximum Gasteiger partial charge on any atom is 0.387 e. The van der Waals surface area contributed by atoms with Crippen LogP contribution in [0.5, 0.6) is 5.75 Å². The van der Waals surface area contributed by atoms with Gasteiger partial charge in [-0.1, -0.05) is 6.42 Å². The number of halogens is 2. The van der Waals surface area contributed by atoms with Gasteiger partial charge in [-0.05, 0) is 36.6 Å². The molecule has 1 saturated carbocycles. The lowest BCUT2D eigenvalue weighted by atomic mass is 9.65. The molecule has 1 aromatic rings. The fraction of sp³-hybridized carbons (Fsp3) is 0.417. The van der Waals surface area contributed by atoms with Crippen molar-refractivity contribution in [1.29, 1.82) is 0 Å². The molecule has 1 heterocycles. The van der Waals surface area contributed by atoms with Gasteiger partial charge in [-0.3, -0.25) is 4.79 Å². The Hall–Kier alpha value is -1.65. The minimum Gasteiger partial charge on any atom is -0.435 e. The van der Waals surface area contributed by atoms with Gasteiger partial charge in [0.2, 0.25) is 5.91 Å². The molecule has 17 heavy (non-hydrogen) atoms. The Bertz CT molecular complexity index is 483. The van der Waals surface area contributed by atoms with Crippen LogP contribution in [0.3, 0.4) is 0 Å². The van der Waals surface area contributed by atoms with Crippen LogP contribution in [0, 0.1) is 0 Å². The molecule has 1 spiro atoms. The first-order valence-corrected chi connectivity index (χ1v) is 5.53. The molecular weight excluding hydrogens is 228 g/mol. The molecule has 0 bridgehead atoms. The summed E-state index contributed by atoms with van der Waals surface area (Å²) >= 11 is 0. The summed E-state index contributed by atoms with van der Waals surface area (Å²) in [6.07, 6.45) is 2.56. The summed E-state index contributed by atoms with van der Waals surface area (Å²) in [6.45, 7) is -2.84. The number of anilines is 1. The van der Waals surface area contributed by atoms with E-state index in [4.69, 9.17) is 0 Å². The molecule has 0 saturated heterocycles. The molecule has 5 heteroatoms. The number of benzene rings is 1. The number of amides is 1. The van der Waals surface area contributed by atoms with E-state index in [1.54, 1.807) is 12.1 Å². The van der Waals surface area contributed by atoms with E-state index >= 15 is 0 Å². The minimum absolute atomic E-state index is 0.0204. The minimum atomic E-state index is -2.84. The van der Waals surface area contributed by atoms with Gasteiger partial charge in [-0.25, -0.2) is 0 Å². The number of carbonyl (C=O) groups excluding carboxylic acids is 1. The van der Waals surface area contributed by atoms with E-state index in [1.807, 2.05) is 0 Å². The summed E-state index contributed by atoms with van der Waals surface area (Å²) in [5, 5.41) is 2.79. The molecule has 0 radical (unpaired) electrons. The van der Waals surface area contributed by atoms with Crippen molar-refractivity contribution in [3.63, 3.8) is 0 Å². The van der Waals surface area contributed by atoms with Crippen LogP contribution in [0.25, 0.3) is 0 Å². The average Bonchev–Trinajstić information content (AvgIpc) is 2.47. The Morgan fingerprint density at radius 3 is 2.71 bits per heavy atom. The zero-order chi connectivity index (χ0) is 12.0. The number of carbonyl (C=O) groups is 1. The molecule has 1 aliphatic carbocycles. The van der Waals surface area contributed by atoms with Gasteiger partial charge in [-0.15, -0.1) is 0 Å². The zero-order valence-electron chi connectivity index (χ0n) is 9.00. The summed E-state index contributed by atoms with van der Waals surface area (Å²) in [5.74, 6) is 0.0921. The van der Waals surface area contributed by atoms with Gasteiger partial charge in [0.25, 0.3) is 0 Å². The van der Waals surface area contributed by atoms with Crippen molar-refractivity contribution in [3.05, 3.63) is 23.8 Å². The molecule has 0 atom stereocenters.